The van der Waals surface area contributed by atoms with E-state index < -0.39 is 23.9 Å². The number of carboxylic acids is 1. The maximum Gasteiger partial charge on any atom is 0.326 e. The van der Waals surface area contributed by atoms with Crippen molar-refractivity contribution in [1.82, 2.24) is 10.5 Å². The van der Waals surface area contributed by atoms with Gasteiger partial charge in [0.05, 0.1) is 12.8 Å². The number of rotatable bonds is 7. The van der Waals surface area contributed by atoms with Crippen molar-refractivity contribution in [2.24, 2.45) is 0 Å². The average molecular weight is 284 g/mol. The fourth-order valence-electron chi connectivity index (χ4n) is 1.49. The number of hydrogen-bond donors (Lipinski definition) is 2. The molecule has 0 unspecified atom stereocenters. The summed E-state index contributed by atoms with van der Waals surface area (Å²) in [4.78, 5) is 34.0. The molecule has 8 heteroatoms. The lowest BCUT2D eigenvalue weighted by Crippen LogP contribution is -2.41. The molecule has 2 N–H and O–H groups in total. The number of aryl methyl sites for hydroxylation is 1. The van der Waals surface area contributed by atoms with Crippen molar-refractivity contribution in [2.45, 2.75) is 32.7 Å². The molecule has 0 saturated heterocycles. The molecule has 1 heterocycles. The van der Waals surface area contributed by atoms with Crippen LogP contribution in [0.1, 0.15) is 35.9 Å². The lowest BCUT2D eigenvalue weighted by atomic mass is 10.1. The summed E-state index contributed by atoms with van der Waals surface area (Å²) in [6, 6.07) is -1.20. The molecule has 1 rings (SSSR count). The van der Waals surface area contributed by atoms with Gasteiger partial charge in [-0.2, -0.15) is 0 Å². The van der Waals surface area contributed by atoms with E-state index >= 15 is 0 Å². The zero-order chi connectivity index (χ0) is 15.1. The second-order valence-electron chi connectivity index (χ2n) is 4.05. The van der Waals surface area contributed by atoms with Gasteiger partial charge in [0.1, 0.15) is 6.04 Å². The van der Waals surface area contributed by atoms with Gasteiger partial charge in [-0.25, -0.2) is 4.79 Å². The number of hydrogen-bond acceptors (Lipinski definition) is 6. The third-order valence-corrected chi connectivity index (χ3v) is 2.50. The van der Waals surface area contributed by atoms with Gasteiger partial charge in [0.2, 0.25) is 5.76 Å². The van der Waals surface area contributed by atoms with Crippen LogP contribution in [0.3, 0.4) is 0 Å². The first kappa shape index (κ1) is 15.7. The zero-order valence-corrected chi connectivity index (χ0v) is 11.2. The summed E-state index contributed by atoms with van der Waals surface area (Å²) in [7, 11) is 0. The normalized spacial score (nSPS) is 11.7. The summed E-state index contributed by atoms with van der Waals surface area (Å²) in [6.07, 6.45) is 1.19. The summed E-state index contributed by atoms with van der Waals surface area (Å²) in [5.74, 6) is -2.48. The van der Waals surface area contributed by atoms with E-state index in [0.717, 1.165) is 0 Å². The van der Waals surface area contributed by atoms with Crippen LogP contribution in [-0.4, -0.2) is 40.8 Å². The molecule has 1 atom stereocenters. The highest BCUT2D eigenvalue weighted by Crippen LogP contribution is 2.07. The Kier molecular flexibility index (Phi) is 5.70. The molecule has 1 aromatic rings. The standard InChI is InChI=1S/C12H16N2O6/c1-3-19-9(15)5-4-8(12(17)18)14-11(16)10-7(2)6-13-20-10/h6,8H,3-5H2,1-2H3,(H,14,16)(H,17,18)/t8-/m0/s1. The lowest BCUT2D eigenvalue weighted by molar-refractivity contribution is -0.144. The number of nitrogens with zero attached hydrogens (tertiary/aromatic N) is 1. The van der Waals surface area contributed by atoms with Gasteiger partial charge >= 0.3 is 11.9 Å². The van der Waals surface area contributed by atoms with Crippen molar-refractivity contribution in [1.29, 1.82) is 0 Å². The SMILES string of the molecule is CCOC(=O)CC[C@H](NC(=O)c1oncc1C)C(=O)O. The number of carbonyl (C=O) groups excluding carboxylic acids is 2. The fourth-order valence-corrected chi connectivity index (χ4v) is 1.49. The number of carbonyl (C=O) groups is 3. The minimum atomic E-state index is -1.24. The van der Waals surface area contributed by atoms with Gasteiger partial charge < -0.3 is 19.7 Å². The number of nitrogens with one attached hydrogen (secondary N) is 1. The van der Waals surface area contributed by atoms with E-state index in [0.29, 0.717) is 5.56 Å². The molecule has 0 aliphatic carbocycles. The largest absolute Gasteiger partial charge is 0.480 e. The molecule has 0 aromatic carbocycles. The molecule has 1 aromatic heterocycles. The van der Waals surface area contributed by atoms with E-state index in [1.54, 1.807) is 13.8 Å². The number of carboxylic acid groups (broad SMARTS) is 1. The predicted octanol–water partition coefficient (Wildman–Crippen LogP) is 0.509. The molecule has 0 aliphatic heterocycles. The first-order valence-corrected chi connectivity index (χ1v) is 6.06. The van der Waals surface area contributed by atoms with Crippen LogP contribution in [0.4, 0.5) is 0 Å². The van der Waals surface area contributed by atoms with Crippen molar-refractivity contribution in [3.63, 3.8) is 0 Å². The molecule has 0 aliphatic rings. The molecule has 8 nitrogen and oxygen atoms in total. The van der Waals surface area contributed by atoms with Crippen LogP contribution in [-0.2, 0) is 14.3 Å². The Morgan fingerprint density at radius 1 is 1.50 bits per heavy atom. The van der Waals surface area contributed by atoms with Gasteiger partial charge in [-0.15, -0.1) is 0 Å². The summed E-state index contributed by atoms with van der Waals surface area (Å²) in [5.41, 5.74) is 0.497. The molecule has 0 spiro atoms. The van der Waals surface area contributed by atoms with E-state index in [-0.39, 0.29) is 25.2 Å². The summed E-state index contributed by atoms with van der Waals surface area (Å²) < 4.78 is 9.42. The lowest BCUT2D eigenvalue weighted by Gasteiger charge is -2.13. The van der Waals surface area contributed by atoms with Crippen molar-refractivity contribution in [3.8, 4) is 0 Å². The molecule has 1 amide bonds. The molecular formula is C12H16N2O6. The number of aromatic nitrogens is 1. The van der Waals surface area contributed by atoms with Gasteiger partial charge in [0.15, 0.2) is 0 Å². The Hall–Kier alpha value is -2.38. The minimum Gasteiger partial charge on any atom is -0.480 e. The van der Waals surface area contributed by atoms with E-state index in [4.69, 9.17) is 14.4 Å². The molecular weight excluding hydrogens is 268 g/mol. The Bertz CT molecular complexity index is 496. The van der Waals surface area contributed by atoms with Gasteiger partial charge in [-0.05, 0) is 20.3 Å². The van der Waals surface area contributed by atoms with Gasteiger partial charge in [0.25, 0.3) is 5.91 Å². The maximum atomic E-state index is 11.8. The molecule has 20 heavy (non-hydrogen) atoms. The van der Waals surface area contributed by atoms with E-state index in [9.17, 15) is 14.4 Å². The highest BCUT2D eigenvalue weighted by Gasteiger charge is 2.24. The Labute approximate surface area is 115 Å². The Balaban J connectivity index is 2.59. The fraction of sp³-hybridized carbons (Fsp3) is 0.500. The van der Waals surface area contributed by atoms with Crippen molar-refractivity contribution < 1.29 is 28.8 Å². The highest BCUT2D eigenvalue weighted by molar-refractivity contribution is 5.95. The number of ether oxygens (including phenoxy) is 1. The number of aliphatic carboxylic acids is 1. The van der Waals surface area contributed by atoms with Gasteiger partial charge in [-0.3, -0.25) is 9.59 Å². The number of esters is 1. The van der Waals surface area contributed by atoms with Crippen LogP contribution in [0.15, 0.2) is 10.7 Å². The van der Waals surface area contributed by atoms with E-state index in [2.05, 4.69) is 10.5 Å². The summed E-state index contributed by atoms with van der Waals surface area (Å²) in [6.45, 7) is 3.49. The zero-order valence-electron chi connectivity index (χ0n) is 11.2. The second-order valence-corrected chi connectivity index (χ2v) is 4.05. The van der Waals surface area contributed by atoms with E-state index in [1.807, 2.05) is 0 Å². The second kappa shape index (κ2) is 7.27. The quantitative estimate of drug-likeness (QED) is 0.700. The highest BCUT2D eigenvalue weighted by atomic mass is 16.5. The topological polar surface area (TPSA) is 119 Å². The first-order valence-electron chi connectivity index (χ1n) is 6.06. The molecule has 0 fully saturated rings. The minimum absolute atomic E-state index is 0.0487. The van der Waals surface area contributed by atoms with Crippen LogP contribution >= 0.6 is 0 Å². The van der Waals surface area contributed by atoms with Crippen molar-refractivity contribution >= 4 is 17.8 Å². The van der Waals surface area contributed by atoms with Crippen LogP contribution in [0, 0.1) is 6.92 Å². The summed E-state index contributed by atoms with van der Waals surface area (Å²) >= 11 is 0. The average Bonchev–Trinajstić information content (AvgIpc) is 2.80. The third kappa shape index (κ3) is 4.38. The number of amides is 1. The van der Waals surface area contributed by atoms with Crippen molar-refractivity contribution in [3.05, 3.63) is 17.5 Å². The van der Waals surface area contributed by atoms with Crippen molar-refractivity contribution in [2.75, 3.05) is 6.61 Å². The molecule has 0 saturated carbocycles. The molecule has 110 valence electrons. The molecule has 0 radical (unpaired) electrons. The maximum absolute atomic E-state index is 11.8. The predicted molar refractivity (Wildman–Crippen MR) is 66.0 cm³/mol. The van der Waals surface area contributed by atoms with Gasteiger partial charge in [-0.1, -0.05) is 5.16 Å². The van der Waals surface area contributed by atoms with Crippen LogP contribution in [0.2, 0.25) is 0 Å². The van der Waals surface area contributed by atoms with Crippen LogP contribution in [0.5, 0.6) is 0 Å². The van der Waals surface area contributed by atoms with Crippen LogP contribution in [0.25, 0.3) is 0 Å². The third-order valence-electron chi connectivity index (χ3n) is 2.50. The Morgan fingerprint density at radius 2 is 2.20 bits per heavy atom. The first-order chi connectivity index (χ1) is 9.45. The van der Waals surface area contributed by atoms with Gasteiger partial charge in [0, 0.05) is 12.0 Å². The van der Waals surface area contributed by atoms with E-state index in [1.165, 1.54) is 6.20 Å². The Morgan fingerprint density at radius 3 is 2.70 bits per heavy atom. The van der Waals surface area contributed by atoms with Crippen LogP contribution < -0.4 is 5.32 Å². The smallest absolute Gasteiger partial charge is 0.326 e. The summed E-state index contributed by atoms with van der Waals surface area (Å²) in [5, 5.41) is 14.7. The monoisotopic (exact) mass is 284 g/mol. The molecule has 0 bridgehead atoms.